The topological polar surface area (TPSA) is 66.9 Å². The van der Waals surface area contributed by atoms with Crippen LogP contribution in [0.4, 0.5) is 5.82 Å². The molecular formula is C13H20N4OS. The van der Waals surface area contributed by atoms with E-state index in [4.69, 9.17) is 0 Å². The molecule has 1 unspecified atom stereocenters. The summed E-state index contributed by atoms with van der Waals surface area (Å²) in [5.74, 6) is 1.82. The normalized spacial score (nSPS) is 18.9. The van der Waals surface area contributed by atoms with Crippen molar-refractivity contribution in [2.75, 3.05) is 24.2 Å². The number of aromatic nitrogens is 2. The van der Waals surface area contributed by atoms with Crippen molar-refractivity contribution in [3.8, 4) is 0 Å². The van der Waals surface area contributed by atoms with Gasteiger partial charge in [-0.05, 0) is 37.7 Å². The first-order valence-electron chi connectivity index (χ1n) is 6.77. The van der Waals surface area contributed by atoms with E-state index in [0.29, 0.717) is 17.5 Å². The number of thioether (sulfide) groups is 1. The van der Waals surface area contributed by atoms with E-state index in [9.17, 15) is 4.79 Å². The molecule has 0 saturated carbocycles. The zero-order valence-corrected chi connectivity index (χ0v) is 12.0. The van der Waals surface area contributed by atoms with Crippen LogP contribution in [0.1, 0.15) is 36.7 Å². The average molecular weight is 280 g/mol. The van der Waals surface area contributed by atoms with Crippen LogP contribution in [0.5, 0.6) is 0 Å². The van der Waals surface area contributed by atoms with Crippen LogP contribution >= 0.6 is 11.8 Å². The Morgan fingerprint density at radius 2 is 2.32 bits per heavy atom. The molecule has 1 atom stereocenters. The molecule has 2 rings (SSSR count). The first-order valence-corrected chi connectivity index (χ1v) is 7.82. The molecule has 19 heavy (non-hydrogen) atoms. The Hall–Kier alpha value is -1.30. The maximum atomic E-state index is 11.5. The molecular weight excluding hydrogens is 260 g/mol. The van der Waals surface area contributed by atoms with Crippen LogP contribution in [-0.2, 0) is 0 Å². The van der Waals surface area contributed by atoms with Crippen LogP contribution in [0.3, 0.4) is 0 Å². The lowest BCUT2D eigenvalue weighted by Gasteiger charge is -2.21. The monoisotopic (exact) mass is 280 g/mol. The first-order chi connectivity index (χ1) is 9.29. The molecule has 2 N–H and O–H groups in total. The van der Waals surface area contributed by atoms with E-state index < -0.39 is 0 Å². The van der Waals surface area contributed by atoms with E-state index >= 15 is 0 Å². The summed E-state index contributed by atoms with van der Waals surface area (Å²) in [6.45, 7) is 3.39. The predicted octanol–water partition coefficient (Wildman–Crippen LogP) is 1.92. The molecule has 0 aliphatic carbocycles. The standard InChI is InChI=1S/C13H20N4OS/c1-2-14-13(18)11-6-7-12(17-16-11)15-9-10-5-3-4-8-19-10/h6-7,10H,2-5,8-9H2,1H3,(H,14,18)(H,15,17). The van der Waals surface area contributed by atoms with Gasteiger partial charge in [-0.3, -0.25) is 4.79 Å². The molecule has 1 fully saturated rings. The summed E-state index contributed by atoms with van der Waals surface area (Å²) in [5.41, 5.74) is 0.361. The van der Waals surface area contributed by atoms with Crippen LogP contribution in [0.15, 0.2) is 12.1 Å². The lowest BCUT2D eigenvalue weighted by molar-refractivity contribution is 0.0950. The molecule has 1 aromatic heterocycles. The number of nitrogens with one attached hydrogen (secondary N) is 2. The van der Waals surface area contributed by atoms with Crippen molar-refractivity contribution in [3.05, 3.63) is 17.8 Å². The Morgan fingerprint density at radius 1 is 1.42 bits per heavy atom. The van der Waals surface area contributed by atoms with Crippen molar-refractivity contribution in [2.45, 2.75) is 31.4 Å². The van der Waals surface area contributed by atoms with Gasteiger partial charge in [0, 0.05) is 18.3 Å². The summed E-state index contributed by atoms with van der Waals surface area (Å²) < 4.78 is 0. The summed E-state index contributed by atoms with van der Waals surface area (Å²) >= 11 is 2.02. The zero-order valence-electron chi connectivity index (χ0n) is 11.2. The third-order valence-electron chi connectivity index (χ3n) is 3.02. The number of hydrogen-bond acceptors (Lipinski definition) is 5. The number of hydrogen-bond donors (Lipinski definition) is 2. The number of carbonyl (C=O) groups is 1. The second-order valence-corrected chi connectivity index (χ2v) is 5.94. The van der Waals surface area contributed by atoms with Gasteiger partial charge < -0.3 is 10.6 Å². The Balaban J connectivity index is 1.82. The fourth-order valence-corrected chi connectivity index (χ4v) is 3.22. The smallest absolute Gasteiger partial charge is 0.271 e. The van der Waals surface area contributed by atoms with Gasteiger partial charge in [0.25, 0.3) is 5.91 Å². The van der Waals surface area contributed by atoms with Crippen LogP contribution < -0.4 is 10.6 Å². The van der Waals surface area contributed by atoms with Crippen molar-refractivity contribution in [1.29, 1.82) is 0 Å². The van der Waals surface area contributed by atoms with E-state index in [1.54, 1.807) is 6.07 Å². The highest BCUT2D eigenvalue weighted by Crippen LogP contribution is 2.24. The molecule has 1 aliphatic heterocycles. The largest absolute Gasteiger partial charge is 0.367 e. The minimum atomic E-state index is -0.176. The van der Waals surface area contributed by atoms with Gasteiger partial charge >= 0.3 is 0 Å². The fourth-order valence-electron chi connectivity index (χ4n) is 1.99. The maximum Gasteiger partial charge on any atom is 0.271 e. The van der Waals surface area contributed by atoms with Gasteiger partial charge in [-0.1, -0.05) is 6.42 Å². The lowest BCUT2D eigenvalue weighted by atomic mass is 10.2. The molecule has 104 valence electrons. The average Bonchev–Trinajstić information content (AvgIpc) is 2.47. The molecule has 1 aromatic rings. The molecule has 6 heteroatoms. The molecule has 1 saturated heterocycles. The molecule has 2 heterocycles. The highest BCUT2D eigenvalue weighted by Gasteiger charge is 2.14. The number of anilines is 1. The summed E-state index contributed by atoms with van der Waals surface area (Å²) in [6, 6.07) is 3.51. The Labute approximate surface area is 118 Å². The van der Waals surface area contributed by atoms with E-state index in [1.165, 1.54) is 25.0 Å². The van der Waals surface area contributed by atoms with Crippen molar-refractivity contribution < 1.29 is 4.79 Å². The van der Waals surface area contributed by atoms with E-state index in [1.807, 2.05) is 24.8 Å². The summed E-state index contributed by atoms with van der Waals surface area (Å²) in [7, 11) is 0. The third-order valence-corrected chi connectivity index (χ3v) is 4.42. The second-order valence-electron chi connectivity index (χ2n) is 4.53. The summed E-state index contributed by atoms with van der Waals surface area (Å²) in [5, 5.41) is 14.6. The van der Waals surface area contributed by atoms with Gasteiger partial charge in [0.1, 0.15) is 5.82 Å². The Bertz CT molecular complexity index is 404. The molecule has 0 radical (unpaired) electrons. The lowest BCUT2D eigenvalue weighted by Crippen LogP contribution is -2.24. The van der Waals surface area contributed by atoms with Crippen LogP contribution in [0, 0.1) is 0 Å². The van der Waals surface area contributed by atoms with Crippen LogP contribution in [0.25, 0.3) is 0 Å². The minimum Gasteiger partial charge on any atom is -0.367 e. The molecule has 5 nitrogen and oxygen atoms in total. The highest BCUT2D eigenvalue weighted by molar-refractivity contribution is 7.99. The molecule has 0 spiro atoms. The van der Waals surface area contributed by atoms with Gasteiger partial charge in [0.2, 0.25) is 0 Å². The molecule has 1 aliphatic rings. The molecule has 0 aromatic carbocycles. The predicted molar refractivity (Wildman–Crippen MR) is 78.6 cm³/mol. The third kappa shape index (κ3) is 4.38. The van der Waals surface area contributed by atoms with Crippen molar-refractivity contribution >= 4 is 23.5 Å². The molecule has 0 bridgehead atoms. The van der Waals surface area contributed by atoms with Gasteiger partial charge in [-0.15, -0.1) is 10.2 Å². The number of rotatable bonds is 5. The molecule has 1 amide bonds. The van der Waals surface area contributed by atoms with Gasteiger partial charge in [0.05, 0.1) is 0 Å². The first kappa shape index (κ1) is 14.1. The van der Waals surface area contributed by atoms with Gasteiger partial charge in [-0.2, -0.15) is 11.8 Å². The van der Waals surface area contributed by atoms with E-state index in [2.05, 4.69) is 20.8 Å². The SMILES string of the molecule is CCNC(=O)c1ccc(NCC2CCCCS2)nn1. The maximum absolute atomic E-state index is 11.5. The van der Waals surface area contributed by atoms with Gasteiger partial charge in [-0.25, -0.2) is 0 Å². The number of amides is 1. The van der Waals surface area contributed by atoms with Gasteiger partial charge in [0.15, 0.2) is 5.69 Å². The second kappa shape index (κ2) is 7.33. The van der Waals surface area contributed by atoms with Crippen LogP contribution in [-0.4, -0.2) is 40.2 Å². The van der Waals surface area contributed by atoms with Crippen molar-refractivity contribution in [1.82, 2.24) is 15.5 Å². The van der Waals surface area contributed by atoms with E-state index in [0.717, 1.165) is 12.4 Å². The number of nitrogens with zero attached hydrogens (tertiary/aromatic N) is 2. The zero-order chi connectivity index (χ0) is 13.5. The van der Waals surface area contributed by atoms with Crippen molar-refractivity contribution in [2.24, 2.45) is 0 Å². The fraction of sp³-hybridized carbons (Fsp3) is 0.615. The van der Waals surface area contributed by atoms with Crippen LogP contribution in [0.2, 0.25) is 0 Å². The highest BCUT2D eigenvalue weighted by atomic mass is 32.2. The quantitative estimate of drug-likeness (QED) is 0.862. The summed E-state index contributed by atoms with van der Waals surface area (Å²) in [4.78, 5) is 11.5. The minimum absolute atomic E-state index is 0.176. The van der Waals surface area contributed by atoms with Crippen molar-refractivity contribution in [3.63, 3.8) is 0 Å². The Kier molecular flexibility index (Phi) is 5.44. The number of carbonyl (C=O) groups excluding carboxylic acids is 1. The summed E-state index contributed by atoms with van der Waals surface area (Å²) in [6.07, 6.45) is 3.92. The Morgan fingerprint density at radius 3 is 2.95 bits per heavy atom. The van der Waals surface area contributed by atoms with E-state index in [-0.39, 0.29) is 5.91 Å².